The van der Waals surface area contributed by atoms with Gasteiger partial charge >= 0.3 is 5.97 Å². The normalized spacial score (nSPS) is 15.9. The Bertz CT molecular complexity index is 1430. The lowest BCUT2D eigenvalue weighted by molar-refractivity contribution is -0.160. The molecule has 1 aliphatic rings. The average molecular weight is 586 g/mol. The molecule has 0 amide bonds. The SMILES string of the molecule is Cc1ncc(-c2ccc(OCCc3cc(F)c(F)cc3F)cn2)c(N2CCC(C)(C)CC2)c1[C@H](OC(C)(C)C)C(=O)O. The number of rotatable bonds is 9. The van der Waals surface area contributed by atoms with Gasteiger partial charge in [0.2, 0.25) is 0 Å². The zero-order valence-electron chi connectivity index (χ0n) is 24.9. The molecule has 0 unspecified atom stereocenters. The molecule has 2 aromatic heterocycles. The van der Waals surface area contributed by atoms with Gasteiger partial charge in [0.05, 0.1) is 29.8 Å². The maximum Gasteiger partial charge on any atom is 0.337 e. The van der Waals surface area contributed by atoms with Crippen LogP contribution >= 0.6 is 0 Å². The molecule has 1 aromatic carbocycles. The number of pyridine rings is 2. The van der Waals surface area contributed by atoms with Crippen molar-refractivity contribution >= 4 is 11.7 Å². The summed E-state index contributed by atoms with van der Waals surface area (Å²) in [7, 11) is 0. The maximum atomic E-state index is 14.0. The van der Waals surface area contributed by atoms with Gasteiger partial charge in [-0.25, -0.2) is 18.0 Å². The number of carbonyl (C=O) groups is 1. The van der Waals surface area contributed by atoms with Crippen LogP contribution in [0.5, 0.6) is 5.75 Å². The third-order valence-corrected chi connectivity index (χ3v) is 7.42. The molecule has 0 aliphatic carbocycles. The average Bonchev–Trinajstić information content (AvgIpc) is 2.90. The van der Waals surface area contributed by atoms with Crippen LogP contribution in [0.3, 0.4) is 0 Å². The second-order valence-electron chi connectivity index (χ2n) is 12.5. The fourth-order valence-electron chi connectivity index (χ4n) is 5.03. The fraction of sp³-hybridized carbons (Fsp3) is 0.469. The van der Waals surface area contributed by atoms with E-state index in [4.69, 9.17) is 9.47 Å². The van der Waals surface area contributed by atoms with Gasteiger partial charge in [-0.3, -0.25) is 9.97 Å². The molecule has 1 fully saturated rings. The molecule has 4 rings (SSSR count). The Morgan fingerprint density at radius 1 is 1.05 bits per heavy atom. The van der Waals surface area contributed by atoms with Crippen LogP contribution in [0, 0.1) is 29.8 Å². The molecule has 226 valence electrons. The van der Waals surface area contributed by atoms with E-state index in [1.54, 1.807) is 25.3 Å². The molecule has 42 heavy (non-hydrogen) atoms. The van der Waals surface area contributed by atoms with E-state index >= 15 is 0 Å². The van der Waals surface area contributed by atoms with E-state index < -0.39 is 35.1 Å². The zero-order valence-corrected chi connectivity index (χ0v) is 24.9. The molecule has 1 saturated heterocycles. The van der Waals surface area contributed by atoms with E-state index in [1.165, 1.54) is 6.20 Å². The summed E-state index contributed by atoms with van der Waals surface area (Å²) in [5.41, 5.74) is 2.53. The van der Waals surface area contributed by atoms with E-state index in [2.05, 4.69) is 28.7 Å². The number of benzene rings is 1. The quantitative estimate of drug-likeness (QED) is 0.269. The Hall–Kier alpha value is -3.66. The molecule has 1 N–H and O–H groups in total. The molecular formula is C32H38F3N3O4. The highest BCUT2D eigenvalue weighted by molar-refractivity contribution is 5.85. The molecule has 0 spiro atoms. The Kier molecular flexibility index (Phi) is 9.15. The lowest BCUT2D eigenvalue weighted by Crippen LogP contribution is -2.39. The number of hydrogen-bond donors (Lipinski definition) is 1. The summed E-state index contributed by atoms with van der Waals surface area (Å²) in [5.74, 6) is -3.88. The number of nitrogens with zero attached hydrogens (tertiary/aromatic N) is 3. The minimum atomic E-state index is -1.24. The van der Waals surface area contributed by atoms with Crippen LogP contribution in [0.2, 0.25) is 0 Å². The maximum absolute atomic E-state index is 14.0. The summed E-state index contributed by atoms with van der Waals surface area (Å²) in [6.07, 6.45) is 3.89. The number of anilines is 1. The van der Waals surface area contributed by atoms with Gasteiger partial charge in [-0.05, 0) is 69.7 Å². The van der Waals surface area contributed by atoms with E-state index in [1.807, 2.05) is 20.8 Å². The Labute approximate surface area is 244 Å². The van der Waals surface area contributed by atoms with Crippen molar-refractivity contribution in [1.82, 2.24) is 9.97 Å². The third kappa shape index (κ3) is 7.40. The van der Waals surface area contributed by atoms with E-state index in [0.717, 1.165) is 37.7 Å². The predicted molar refractivity (Wildman–Crippen MR) is 154 cm³/mol. The number of hydrogen-bond acceptors (Lipinski definition) is 6. The van der Waals surface area contributed by atoms with Crippen molar-refractivity contribution < 1.29 is 32.5 Å². The number of carboxylic acid groups (broad SMARTS) is 1. The molecule has 0 radical (unpaired) electrons. The largest absolute Gasteiger partial charge is 0.492 e. The van der Waals surface area contributed by atoms with Crippen LogP contribution in [0.15, 0.2) is 36.7 Å². The zero-order chi connectivity index (χ0) is 30.8. The number of carboxylic acids is 1. The summed E-state index contributed by atoms with van der Waals surface area (Å²) in [6.45, 7) is 13.2. The lowest BCUT2D eigenvalue weighted by atomic mass is 9.82. The van der Waals surface area contributed by atoms with Crippen LogP contribution in [-0.4, -0.2) is 46.3 Å². The Morgan fingerprint density at radius 3 is 2.31 bits per heavy atom. The first-order chi connectivity index (χ1) is 19.6. The Morgan fingerprint density at radius 2 is 1.71 bits per heavy atom. The van der Waals surface area contributed by atoms with Crippen molar-refractivity contribution in [2.75, 3.05) is 24.6 Å². The van der Waals surface area contributed by atoms with Gasteiger partial charge in [-0.15, -0.1) is 0 Å². The highest BCUT2D eigenvalue weighted by Crippen LogP contribution is 2.43. The van der Waals surface area contributed by atoms with Crippen molar-refractivity contribution in [3.63, 3.8) is 0 Å². The van der Waals surface area contributed by atoms with Gasteiger partial charge in [0.25, 0.3) is 0 Å². The van der Waals surface area contributed by atoms with Crippen molar-refractivity contribution in [2.24, 2.45) is 5.41 Å². The van der Waals surface area contributed by atoms with Crippen LogP contribution in [0.4, 0.5) is 18.9 Å². The summed E-state index contributed by atoms with van der Waals surface area (Å²) >= 11 is 0. The highest BCUT2D eigenvalue weighted by Gasteiger charge is 2.36. The van der Waals surface area contributed by atoms with Gasteiger partial charge < -0.3 is 19.5 Å². The second kappa shape index (κ2) is 12.3. The number of aliphatic carboxylic acids is 1. The van der Waals surface area contributed by atoms with Gasteiger partial charge in [-0.1, -0.05) is 13.8 Å². The summed E-state index contributed by atoms with van der Waals surface area (Å²) in [6, 6.07) is 4.80. The molecule has 1 atom stereocenters. The smallest absolute Gasteiger partial charge is 0.337 e. The lowest BCUT2D eigenvalue weighted by Gasteiger charge is -2.40. The molecule has 1 aliphatic heterocycles. The summed E-state index contributed by atoms with van der Waals surface area (Å²) in [4.78, 5) is 23.9. The first-order valence-electron chi connectivity index (χ1n) is 14.0. The van der Waals surface area contributed by atoms with Gasteiger partial charge in [0, 0.05) is 48.6 Å². The number of aryl methyl sites for hydroxylation is 1. The van der Waals surface area contributed by atoms with E-state index in [9.17, 15) is 23.1 Å². The third-order valence-electron chi connectivity index (χ3n) is 7.42. The monoisotopic (exact) mass is 585 g/mol. The molecular weight excluding hydrogens is 547 g/mol. The van der Waals surface area contributed by atoms with Crippen LogP contribution in [-0.2, 0) is 16.0 Å². The molecule has 7 nitrogen and oxygen atoms in total. The van der Waals surface area contributed by atoms with Gasteiger partial charge in [-0.2, -0.15) is 0 Å². The number of aromatic nitrogens is 2. The summed E-state index contributed by atoms with van der Waals surface area (Å²) in [5, 5.41) is 10.3. The molecule has 3 aromatic rings. The highest BCUT2D eigenvalue weighted by atomic mass is 19.2. The fourth-order valence-corrected chi connectivity index (χ4v) is 5.03. The van der Waals surface area contributed by atoms with Crippen molar-refractivity contribution in [3.8, 4) is 17.0 Å². The van der Waals surface area contributed by atoms with Crippen LogP contribution in [0.25, 0.3) is 11.3 Å². The first-order valence-corrected chi connectivity index (χ1v) is 14.0. The van der Waals surface area contributed by atoms with E-state index in [-0.39, 0.29) is 24.0 Å². The predicted octanol–water partition coefficient (Wildman–Crippen LogP) is 7.06. The molecule has 10 heteroatoms. The second-order valence-corrected chi connectivity index (χ2v) is 12.5. The van der Waals surface area contributed by atoms with Gasteiger partial charge in [0.1, 0.15) is 11.6 Å². The Balaban J connectivity index is 1.66. The van der Waals surface area contributed by atoms with E-state index in [0.29, 0.717) is 34.3 Å². The summed E-state index contributed by atoms with van der Waals surface area (Å²) < 4.78 is 52.4. The van der Waals surface area contributed by atoms with Crippen molar-refractivity contribution in [1.29, 1.82) is 0 Å². The molecule has 3 heterocycles. The van der Waals surface area contributed by atoms with Crippen molar-refractivity contribution in [3.05, 3.63) is 70.9 Å². The number of halogens is 3. The molecule has 0 bridgehead atoms. The van der Waals surface area contributed by atoms with Crippen LogP contribution < -0.4 is 9.64 Å². The van der Waals surface area contributed by atoms with Gasteiger partial charge in [0.15, 0.2) is 17.7 Å². The minimum absolute atomic E-state index is 0.0107. The minimum Gasteiger partial charge on any atom is -0.492 e. The number of piperidine rings is 1. The van der Waals surface area contributed by atoms with Crippen LogP contribution in [0.1, 0.15) is 70.4 Å². The first kappa shape index (κ1) is 31.3. The van der Waals surface area contributed by atoms with Crippen molar-refractivity contribution in [2.45, 2.75) is 72.5 Å². The standard InChI is InChI=1S/C32H38F3N3O4/c1-19-27(29(30(39)40)42-31(2,3)4)28(38-12-10-32(5,6)11-13-38)22(18-36-19)26-8-7-21(17-37-26)41-14-9-20-15-24(34)25(35)16-23(20)33/h7-8,15-18,29H,9-14H2,1-6H3,(H,39,40)/t29-/m0/s1. The topological polar surface area (TPSA) is 84.8 Å². The number of ether oxygens (including phenoxy) is 2. The molecule has 0 saturated carbocycles.